The summed E-state index contributed by atoms with van der Waals surface area (Å²) in [6.07, 6.45) is 5.59. The van der Waals surface area contributed by atoms with Gasteiger partial charge in [-0.2, -0.15) is 10.4 Å². The Hall–Kier alpha value is -3.70. The number of fused-ring (bicyclic) bond motifs is 2. The molecule has 8 nitrogen and oxygen atoms in total. The van der Waals surface area contributed by atoms with Crippen molar-refractivity contribution < 1.29 is 0 Å². The van der Waals surface area contributed by atoms with Crippen LogP contribution in [0.5, 0.6) is 0 Å². The summed E-state index contributed by atoms with van der Waals surface area (Å²) in [4.78, 5) is 22.4. The quantitative estimate of drug-likeness (QED) is 0.408. The van der Waals surface area contributed by atoms with Crippen LogP contribution < -0.4 is 10.5 Å². The number of hydrogen-bond donors (Lipinski definition) is 0. The van der Waals surface area contributed by atoms with Crippen molar-refractivity contribution in [3.05, 3.63) is 64.7 Å². The van der Waals surface area contributed by atoms with Gasteiger partial charge in [0.15, 0.2) is 0 Å². The van der Waals surface area contributed by atoms with Crippen LogP contribution in [0.15, 0.2) is 53.6 Å². The molecular formula is C28H33N7O. The standard InChI is InChI=1S/C28H33N7O/c1-5-22-17-35(25-15-27(36)32(4)26-18-33(13-11-29)31-28(25)26)23(6-2)16-34(22)19(3)20-9-10-24-21(14-20)8-7-12-30-24/h7-10,12,14-15,18-19,22-23H,5-6,13,16-17H2,1-4H3/t19?,22-,23+/m1/s1. The molecule has 1 aliphatic rings. The first-order valence-electron chi connectivity index (χ1n) is 12.8. The van der Waals surface area contributed by atoms with Gasteiger partial charge >= 0.3 is 0 Å². The first-order valence-corrected chi connectivity index (χ1v) is 12.8. The SMILES string of the molecule is CC[C@H]1CN(C(C)c2ccc3ncccc3c2)[C@H](CC)CN1c1cc(=O)n(C)c2cn(CC#N)nc12. The zero-order valence-electron chi connectivity index (χ0n) is 21.4. The van der Waals surface area contributed by atoms with E-state index in [9.17, 15) is 4.79 Å². The smallest absolute Gasteiger partial charge is 0.252 e. The van der Waals surface area contributed by atoms with Gasteiger partial charge in [-0.1, -0.05) is 26.0 Å². The summed E-state index contributed by atoms with van der Waals surface area (Å²) in [6, 6.07) is 15.4. The van der Waals surface area contributed by atoms with Gasteiger partial charge in [0, 0.05) is 55.9 Å². The highest BCUT2D eigenvalue weighted by Crippen LogP contribution is 2.34. The summed E-state index contributed by atoms with van der Waals surface area (Å²) in [5.74, 6) is 0. The Morgan fingerprint density at radius 1 is 1.14 bits per heavy atom. The van der Waals surface area contributed by atoms with E-state index >= 15 is 0 Å². The zero-order valence-corrected chi connectivity index (χ0v) is 21.4. The number of aryl methyl sites for hydroxylation is 1. The zero-order chi connectivity index (χ0) is 25.4. The van der Waals surface area contributed by atoms with Gasteiger partial charge in [0.1, 0.15) is 12.1 Å². The maximum atomic E-state index is 12.9. The molecule has 1 unspecified atom stereocenters. The Bertz CT molecular complexity index is 1500. The van der Waals surface area contributed by atoms with Crippen molar-refractivity contribution in [2.45, 2.75) is 58.3 Å². The predicted molar refractivity (Wildman–Crippen MR) is 143 cm³/mol. The van der Waals surface area contributed by atoms with Crippen molar-refractivity contribution in [3.63, 3.8) is 0 Å². The molecule has 0 saturated carbocycles. The third kappa shape index (κ3) is 4.14. The first-order chi connectivity index (χ1) is 17.4. The highest BCUT2D eigenvalue weighted by Gasteiger charge is 2.36. The Balaban J connectivity index is 1.51. The number of hydrogen-bond acceptors (Lipinski definition) is 6. The van der Waals surface area contributed by atoms with E-state index in [0.29, 0.717) is 6.04 Å². The fourth-order valence-electron chi connectivity index (χ4n) is 5.61. The number of pyridine rings is 2. The van der Waals surface area contributed by atoms with E-state index in [4.69, 9.17) is 10.4 Å². The van der Waals surface area contributed by atoms with Crippen molar-refractivity contribution >= 4 is 27.6 Å². The molecule has 8 heteroatoms. The van der Waals surface area contributed by atoms with Crippen molar-refractivity contribution in [1.29, 1.82) is 5.26 Å². The molecule has 36 heavy (non-hydrogen) atoms. The van der Waals surface area contributed by atoms with Gasteiger partial charge in [0.2, 0.25) is 0 Å². The molecule has 4 heterocycles. The molecule has 0 N–H and O–H groups in total. The molecule has 5 rings (SSSR count). The third-order valence-corrected chi connectivity index (χ3v) is 7.77. The average molecular weight is 484 g/mol. The highest BCUT2D eigenvalue weighted by molar-refractivity contribution is 5.88. The fraction of sp³-hybridized carbons (Fsp3) is 0.429. The Kier molecular flexibility index (Phi) is 6.50. The maximum absolute atomic E-state index is 12.9. The van der Waals surface area contributed by atoms with Crippen LogP contribution in [-0.4, -0.2) is 49.4 Å². The van der Waals surface area contributed by atoms with Gasteiger partial charge in [-0.15, -0.1) is 0 Å². The summed E-state index contributed by atoms with van der Waals surface area (Å²) in [5.41, 5.74) is 4.67. The molecule has 0 radical (unpaired) electrons. The predicted octanol–water partition coefficient (Wildman–Crippen LogP) is 4.25. The first kappa shape index (κ1) is 24.0. The van der Waals surface area contributed by atoms with E-state index in [0.717, 1.165) is 53.6 Å². The molecule has 0 amide bonds. The van der Waals surface area contributed by atoms with E-state index in [1.54, 1.807) is 28.6 Å². The van der Waals surface area contributed by atoms with Crippen LogP contribution in [0, 0.1) is 11.3 Å². The lowest BCUT2D eigenvalue weighted by Gasteiger charge is -2.49. The van der Waals surface area contributed by atoms with Crippen LogP contribution in [-0.2, 0) is 13.6 Å². The van der Waals surface area contributed by atoms with Crippen molar-refractivity contribution in [2.24, 2.45) is 7.05 Å². The number of piperazine rings is 1. The van der Waals surface area contributed by atoms with Gasteiger partial charge in [0.25, 0.3) is 5.56 Å². The topological polar surface area (TPSA) is 83.0 Å². The number of anilines is 1. The van der Waals surface area contributed by atoms with Crippen LogP contribution in [0.2, 0.25) is 0 Å². The van der Waals surface area contributed by atoms with E-state index in [-0.39, 0.29) is 24.2 Å². The van der Waals surface area contributed by atoms with Crippen LogP contribution in [0.25, 0.3) is 21.9 Å². The Labute approximate surface area is 211 Å². The van der Waals surface area contributed by atoms with Gasteiger partial charge in [-0.25, -0.2) is 0 Å². The summed E-state index contributed by atoms with van der Waals surface area (Å²) < 4.78 is 3.24. The summed E-state index contributed by atoms with van der Waals surface area (Å²) in [6.45, 7) is 8.62. The number of nitrogens with zero attached hydrogens (tertiary/aromatic N) is 7. The lowest BCUT2D eigenvalue weighted by atomic mass is 9.96. The van der Waals surface area contributed by atoms with Crippen LogP contribution in [0.4, 0.5) is 5.69 Å². The number of nitriles is 1. The number of aromatic nitrogens is 4. The van der Waals surface area contributed by atoms with Gasteiger partial charge in [-0.3, -0.25) is 19.4 Å². The van der Waals surface area contributed by atoms with Crippen molar-refractivity contribution in [2.75, 3.05) is 18.0 Å². The highest BCUT2D eigenvalue weighted by atomic mass is 16.1. The average Bonchev–Trinajstić information content (AvgIpc) is 3.33. The summed E-state index contributed by atoms with van der Waals surface area (Å²) in [5, 5.41) is 15.0. The van der Waals surface area contributed by atoms with Crippen LogP contribution in [0.3, 0.4) is 0 Å². The Morgan fingerprint density at radius 3 is 2.69 bits per heavy atom. The van der Waals surface area contributed by atoms with Gasteiger partial charge < -0.3 is 9.47 Å². The molecule has 3 atom stereocenters. The third-order valence-electron chi connectivity index (χ3n) is 7.77. The summed E-state index contributed by atoms with van der Waals surface area (Å²) in [7, 11) is 1.76. The van der Waals surface area contributed by atoms with Crippen molar-refractivity contribution in [1.82, 2.24) is 24.2 Å². The second-order valence-electron chi connectivity index (χ2n) is 9.75. The van der Waals surface area contributed by atoms with Crippen molar-refractivity contribution in [3.8, 4) is 6.07 Å². The molecule has 0 aliphatic carbocycles. The maximum Gasteiger partial charge on any atom is 0.252 e. The molecule has 186 valence electrons. The summed E-state index contributed by atoms with van der Waals surface area (Å²) >= 11 is 0. The molecule has 1 aromatic carbocycles. The van der Waals surface area contributed by atoms with E-state index in [2.05, 4.69) is 65.9 Å². The van der Waals surface area contributed by atoms with Gasteiger partial charge in [0.05, 0.1) is 29.0 Å². The molecule has 1 saturated heterocycles. The van der Waals surface area contributed by atoms with E-state index in [1.165, 1.54) is 5.56 Å². The van der Waals surface area contributed by atoms with Gasteiger partial charge in [-0.05, 0) is 43.5 Å². The van der Waals surface area contributed by atoms with E-state index < -0.39 is 0 Å². The monoisotopic (exact) mass is 483 g/mol. The number of benzene rings is 1. The van der Waals surface area contributed by atoms with Crippen LogP contribution in [0.1, 0.15) is 45.2 Å². The minimum atomic E-state index is -0.0579. The minimum absolute atomic E-state index is 0.0579. The fourth-order valence-corrected chi connectivity index (χ4v) is 5.61. The molecule has 4 aromatic rings. The molecule has 1 fully saturated rings. The normalized spacial score (nSPS) is 19.6. The lowest BCUT2D eigenvalue weighted by Crippen LogP contribution is -2.58. The molecule has 3 aromatic heterocycles. The molecule has 1 aliphatic heterocycles. The van der Waals surface area contributed by atoms with E-state index in [1.807, 2.05) is 12.3 Å². The number of rotatable bonds is 6. The Morgan fingerprint density at radius 2 is 1.94 bits per heavy atom. The second kappa shape index (κ2) is 9.75. The molecule has 0 spiro atoms. The molecule has 0 bridgehead atoms. The lowest BCUT2D eigenvalue weighted by molar-refractivity contribution is 0.101. The largest absolute Gasteiger partial charge is 0.364 e. The molecular weight excluding hydrogens is 450 g/mol. The minimum Gasteiger partial charge on any atom is -0.364 e. The van der Waals surface area contributed by atoms with Crippen LogP contribution >= 0.6 is 0 Å². The second-order valence-corrected chi connectivity index (χ2v) is 9.75.